The van der Waals surface area contributed by atoms with Crippen molar-refractivity contribution in [2.45, 2.75) is 0 Å². The Hall–Kier alpha value is -2.62. The van der Waals surface area contributed by atoms with Gasteiger partial charge in [-0.25, -0.2) is 4.79 Å². The third-order valence-corrected chi connectivity index (χ3v) is 2.48. The standard InChI is InChI=1S/C15H12O4/c1-2-9-18-15(17)12-5-3-11(4-6-12)14-8-7-13(10-16)19-14/h2-8,10H,1,9H2. The van der Waals surface area contributed by atoms with Gasteiger partial charge >= 0.3 is 5.97 Å². The lowest BCUT2D eigenvalue weighted by Gasteiger charge is -2.02. The predicted octanol–water partition coefficient (Wildman–Crippen LogP) is 3.10. The maximum Gasteiger partial charge on any atom is 0.338 e. The van der Waals surface area contributed by atoms with Crippen molar-refractivity contribution >= 4 is 12.3 Å². The molecule has 0 fully saturated rings. The summed E-state index contributed by atoms with van der Waals surface area (Å²) in [5.41, 5.74) is 1.24. The largest absolute Gasteiger partial charge is 0.458 e. The summed E-state index contributed by atoms with van der Waals surface area (Å²) in [5, 5.41) is 0. The van der Waals surface area contributed by atoms with Crippen molar-refractivity contribution in [3.05, 3.63) is 60.4 Å². The van der Waals surface area contributed by atoms with E-state index < -0.39 is 5.97 Å². The Labute approximate surface area is 110 Å². The van der Waals surface area contributed by atoms with Crippen LogP contribution in [0.3, 0.4) is 0 Å². The van der Waals surface area contributed by atoms with Gasteiger partial charge in [0.05, 0.1) is 5.56 Å². The van der Waals surface area contributed by atoms with E-state index in [1.807, 2.05) is 0 Å². The molecule has 4 nitrogen and oxygen atoms in total. The second-order valence-electron chi connectivity index (χ2n) is 3.78. The van der Waals surface area contributed by atoms with E-state index in [4.69, 9.17) is 9.15 Å². The van der Waals surface area contributed by atoms with Crippen LogP contribution in [0.25, 0.3) is 11.3 Å². The normalized spacial score (nSPS) is 9.89. The van der Waals surface area contributed by atoms with E-state index in [2.05, 4.69) is 6.58 Å². The quantitative estimate of drug-likeness (QED) is 0.468. The molecule has 0 atom stereocenters. The van der Waals surface area contributed by atoms with Crippen LogP contribution in [0.1, 0.15) is 20.9 Å². The minimum atomic E-state index is -0.403. The molecule has 4 heteroatoms. The first-order valence-corrected chi connectivity index (χ1v) is 5.68. The lowest BCUT2D eigenvalue weighted by atomic mass is 10.1. The number of esters is 1. The van der Waals surface area contributed by atoms with Crippen LogP contribution in [-0.2, 0) is 4.74 Å². The first-order valence-electron chi connectivity index (χ1n) is 5.68. The molecule has 0 aliphatic heterocycles. The van der Waals surface area contributed by atoms with Crippen LogP contribution in [0.2, 0.25) is 0 Å². The molecule has 2 rings (SSSR count). The molecule has 0 aliphatic rings. The van der Waals surface area contributed by atoms with Crippen LogP contribution >= 0.6 is 0 Å². The number of hydrogen-bond donors (Lipinski definition) is 0. The molecule has 96 valence electrons. The molecule has 0 saturated carbocycles. The lowest BCUT2D eigenvalue weighted by Crippen LogP contribution is -2.04. The second kappa shape index (κ2) is 5.82. The molecular formula is C15H12O4. The molecule has 0 amide bonds. The van der Waals surface area contributed by atoms with Gasteiger partial charge in [-0.3, -0.25) is 4.79 Å². The minimum Gasteiger partial charge on any atom is -0.458 e. The summed E-state index contributed by atoms with van der Waals surface area (Å²) in [4.78, 5) is 22.1. The highest BCUT2D eigenvalue weighted by Gasteiger charge is 2.08. The van der Waals surface area contributed by atoms with E-state index in [0.717, 1.165) is 5.56 Å². The Morgan fingerprint density at radius 3 is 2.53 bits per heavy atom. The first-order chi connectivity index (χ1) is 9.24. The zero-order chi connectivity index (χ0) is 13.7. The SMILES string of the molecule is C=CCOC(=O)c1ccc(-c2ccc(C=O)o2)cc1. The molecule has 0 aliphatic carbocycles. The molecule has 0 spiro atoms. The molecule has 0 radical (unpaired) electrons. The van der Waals surface area contributed by atoms with E-state index >= 15 is 0 Å². The molecule has 1 heterocycles. The van der Waals surface area contributed by atoms with Crippen molar-refractivity contribution in [1.29, 1.82) is 0 Å². The molecule has 1 aromatic heterocycles. The number of carbonyl (C=O) groups is 2. The van der Waals surface area contributed by atoms with Gasteiger partial charge in [0.2, 0.25) is 0 Å². The number of aldehydes is 1. The smallest absolute Gasteiger partial charge is 0.338 e. The van der Waals surface area contributed by atoms with E-state index in [1.165, 1.54) is 6.08 Å². The van der Waals surface area contributed by atoms with Crippen molar-refractivity contribution in [1.82, 2.24) is 0 Å². The Bertz CT molecular complexity index is 593. The maximum absolute atomic E-state index is 11.6. The second-order valence-corrected chi connectivity index (χ2v) is 3.78. The fourth-order valence-corrected chi connectivity index (χ4v) is 1.56. The van der Waals surface area contributed by atoms with E-state index in [0.29, 0.717) is 17.6 Å². The fraction of sp³-hybridized carbons (Fsp3) is 0.0667. The van der Waals surface area contributed by atoms with Gasteiger partial charge in [-0.1, -0.05) is 24.8 Å². The van der Waals surface area contributed by atoms with Crippen LogP contribution in [0.15, 0.2) is 53.5 Å². The van der Waals surface area contributed by atoms with Gasteiger partial charge in [0, 0.05) is 5.56 Å². The summed E-state index contributed by atoms with van der Waals surface area (Å²) in [6.45, 7) is 3.65. The molecule has 2 aromatic rings. The zero-order valence-electron chi connectivity index (χ0n) is 10.2. The van der Waals surface area contributed by atoms with Crippen molar-refractivity contribution in [2.24, 2.45) is 0 Å². The number of ether oxygens (including phenoxy) is 1. The van der Waals surface area contributed by atoms with Crippen molar-refractivity contribution in [2.75, 3.05) is 6.61 Å². The third-order valence-electron chi connectivity index (χ3n) is 2.48. The molecule has 0 saturated heterocycles. The highest BCUT2D eigenvalue weighted by atomic mass is 16.5. The van der Waals surface area contributed by atoms with Crippen molar-refractivity contribution in [3.63, 3.8) is 0 Å². The summed E-state index contributed by atoms with van der Waals surface area (Å²) in [6, 6.07) is 10.0. The van der Waals surface area contributed by atoms with E-state index in [9.17, 15) is 9.59 Å². The molecule has 0 unspecified atom stereocenters. The Kier molecular flexibility index (Phi) is 3.93. The van der Waals surface area contributed by atoms with Gasteiger partial charge in [-0.05, 0) is 24.3 Å². The highest BCUT2D eigenvalue weighted by Crippen LogP contribution is 2.22. The van der Waals surface area contributed by atoms with Gasteiger partial charge in [0.25, 0.3) is 0 Å². The topological polar surface area (TPSA) is 56.5 Å². The van der Waals surface area contributed by atoms with Crippen LogP contribution in [0.4, 0.5) is 0 Å². The van der Waals surface area contributed by atoms with E-state index in [-0.39, 0.29) is 12.4 Å². The lowest BCUT2D eigenvalue weighted by molar-refractivity contribution is 0.0549. The van der Waals surface area contributed by atoms with Crippen molar-refractivity contribution < 1.29 is 18.7 Å². The first kappa shape index (κ1) is 12.8. The fourth-order valence-electron chi connectivity index (χ4n) is 1.56. The van der Waals surface area contributed by atoms with Gasteiger partial charge in [-0.2, -0.15) is 0 Å². The van der Waals surface area contributed by atoms with Gasteiger partial charge in [0.15, 0.2) is 12.0 Å². The van der Waals surface area contributed by atoms with Crippen LogP contribution < -0.4 is 0 Å². The maximum atomic E-state index is 11.6. The van der Waals surface area contributed by atoms with Crippen molar-refractivity contribution in [3.8, 4) is 11.3 Å². The molecule has 0 bridgehead atoms. The zero-order valence-corrected chi connectivity index (χ0v) is 10.2. The number of carbonyl (C=O) groups excluding carboxylic acids is 2. The monoisotopic (exact) mass is 256 g/mol. The third kappa shape index (κ3) is 2.98. The average Bonchev–Trinajstić information content (AvgIpc) is 2.94. The molecule has 0 N–H and O–H groups in total. The van der Waals surface area contributed by atoms with Gasteiger partial charge < -0.3 is 9.15 Å². The van der Waals surface area contributed by atoms with Gasteiger partial charge in [-0.15, -0.1) is 0 Å². The number of benzene rings is 1. The summed E-state index contributed by atoms with van der Waals surface area (Å²) in [6.07, 6.45) is 2.15. The number of furan rings is 1. The summed E-state index contributed by atoms with van der Waals surface area (Å²) in [7, 11) is 0. The predicted molar refractivity (Wildman–Crippen MR) is 70.0 cm³/mol. The molecular weight excluding hydrogens is 244 g/mol. The average molecular weight is 256 g/mol. The summed E-state index contributed by atoms with van der Waals surface area (Å²) < 4.78 is 10.2. The number of rotatable bonds is 5. The molecule has 19 heavy (non-hydrogen) atoms. The Morgan fingerprint density at radius 2 is 1.95 bits per heavy atom. The summed E-state index contributed by atoms with van der Waals surface area (Å²) >= 11 is 0. The van der Waals surface area contributed by atoms with Gasteiger partial charge in [0.1, 0.15) is 12.4 Å². The number of hydrogen-bond acceptors (Lipinski definition) is 4. The van der Waals surface area contributed by atoms with Crippen LogP contribution in [0.5, 0.6) is 0 Å². The minimum absolute atomic E-state index is 0.182. The van der Waals surface area contributed by atoms with E-state index in [1.54, 1.807) is 36.4 Å². The Balaban J connectivity index is 2.15. The Morgan fingerprint density at radius 1 is 1.21 bits per heavy atom. The van der Waals surface area contributed by atoms with Crippen LogP contribution in [0, 0.1) is 0 Å². The van der Waals surface area contributed by atoms with Crippen LogP contribution in [-0.4, -0.2) is 18.9 Å². The summed E-state index contributed by atoms with van der Waals surface area (Å²) in [5.74, 6) is 0.442. The highest BCUT2D eigenvalue weighted by molar-refractivity contribution is 5.90. The molecule has 1 aromatic carbocycles.